The molecule has 2 fully saturated rings. The molecule has 1 aromatic heterocycles. The molecule has 1 aromatic rings. The van der Waals surface area contributed by atoms with E-state index in [1.807, 2.05) is 18.2 Å². The average molecular weight is 424 g/mol. The number of nitrogens with zero attached hydrogens (tertiary/aromatic N) is 2. The Morgan fingerprint density at radius 2 is 2.06 bits per heavy atom. The standard InChI is InChI=1S/C24H30FN5O/c1-15(26)24-22(27)11-17(12-23(24)30-31-19-6-9-28-10-7-19)20-5-4-18(25)13-21(20)16-3-2-8-29-14-16/h2-5,8,14,17-19,24,26-28H,6-7,9-13H2,1H3. The lowest BCUT2D eigenvalue weighted by Gasteiger charge is -2.34. The molecular formula is C24H30FN5O. The third-order valence-corrected chi connectivity index (χ3v) is 6.32. The Morgan fingerprint density at radius 3 is 2.77 bits per heavy atom. The molecule has 3 N–H and O–H groups in total. The Bertz CT molecular complexity index is 917. The van der Waals surface area contributed by atoms with Gasteiger partial charge in [0.2, 0.25) is 0 Å². The summed E-state index contributed by atoms with van der Waals surface area (Å²) in [6.45, 7) is 3.56. The topological polar surface area (TPSA) is 94.2 Å². The van der Waals surface area contributed by atoms with E-state index in [0.29, 0.717) is 30.7 Å². The number of pyridine rings is 1. The first kappa shape index (κ1) is 21.6. The molecule has 3 atom stereocenters. The summed E-state index contributed by atoms with van der Waals surface area (Å²) in [6, 6.07) is 3.82. The van der Waals surface area contributed by atoms with Crippen LogP contribution in [-0.2, 0) is 4.84 Å². The molecule has 3 aliphatic rings. The van der Waals surface area contributed by atoms with Gasteiger partial charge in [-0.1, -0.05) is 23.4 Å². The molecule has 2 heterocycles. The molecule has 0 bridgehead atoms. The largest absolute Gasteiger partial charge is 0.392 e. The summed E-state index contributed by atoms with van der Waals surface area (Å²) in [4.78, 5) is 10.1. The maximum atomic E-state index is 14.2. The summed E-state index contributed by atoms with van der Waals surface area (Å²) >= 11 is 0. The van der Waals surface area contributed by atoms with Gasteiger partial charge in [-0.15, -0.1) is 0 Å². The van der Waals surface area contributed by atoms with Crippen LogP contribution in [0.25, 0.3) is 5.57 Å². The van der Waals surface area contributed by atoms with Crippen LogP contribution in [0.4, 0.5) is 4.39 Å². The number of alkyl halides is 1. The van der Waals surface area contributed by atoms with Crippen molar-refractivity contribution >= 4 is 22.7 Å². The lowest BCUT2D eigenvalue weighted by atomic mass is 9.71. The maximum Gasteiger partial charge on any atom is 0.130 e. The zero-order chi connectivity index (χ0) is 21.8. The number of nitrogens with one attached hydrogen (secondary N) is 3. The van der Waals surface area contributed by atoms with Crippen LogP contribution in [0.15, 0.2) is 47.4 Å². The van der Waals surface area contributed by atoms with E-state index in [1.54, 1.807) is 25.4 Å². The van der Waals surface area contributed by atoms with E-state index in [9.17, 15) is 4.39 Å². The molecule has 2 aliphatic carbocycles. The predicted molar refractivity (Wildman–Crippen MR) is 122 cm³/mol. The first-order valence-electron chi connectivity index (χ1n) is 11.0. The lowest BCUT2D eigenvalue weighted by Crippen LogP contribution is -2.39. The van der Waals surface area contributed by atoms with Crippen LogP contribution in [0.3, 0.4) is 0 Å². The number of aromatic nitrogens is 1. The number of hydrogen-bond donors (Lipinski definition) is 3. The molecule has 31 heavy (non-hydrogen) atoms. The molecule has 7 heteroatoms. The normalized spacial score (nSPS) is 28.8. The summed E-state index contributed by atoms with van der Waals surface area (Å²) in [5.41, 5.74) is 4.55. The highest BCUT2D eigenvalue weighted by Gasteiger charge is 2.36. The number of hydrogen-bond acceptors (Lipinski definition) is 6. The molecule has 4 rings (SSSR count). The third-order valence-electron chi connectivity index (χ3n) is 6.32. The number of allylic oxidation sites excluding steroid dienone is 4. The monoisotopic (exact) mass is 423 g/mol. The van der Waals surface area contributed by atoms with E-state index < -0.39 is 12.1 Å². The molecule has 1 aliphatic heterocycles. The lowest BCUT2D eigenvalue weighted by molar-refractivity contribution is 0.0365. The van der Waals surface area contributed by atoms with Crippen LogP contribution in [0.1, 0.15) is 44.6 Å². The second-order valence-electron chi connectivity index (χ2n) is 8.64. The van der Waals surface area contributed by atoms with Crippen LogP contribution in [-0.4, -0.2) is 47.5 Å². The fraction of sp³-hybridized carbons (Fsp3) is 0.500. The van der Waals surface area contributed by atoms with Crippen molar-refractivity contribution in [2.45, 2.75) is 51.3 Å². The SMILES string of the molecule is CC(=N)C1C(=N)CC(C2=C(c3cccnc3)CC(F)C=C2)CC1=NOC1CCNCC1. The van der Waals surface area contributed by atoms with E-state index >= 15 is 0 Å². The zero-order valence-corrected chi connectivity index (χ0v) is 17.9. The van der Waals surface area contributed by atoms with Crippen molar-refractivity contribution < 1.29 is 9.23 Å². The Labute approximate surface area is 182 Å². The molecule has 0 amide bonds. The molecule has 1 saturated heterocycles. The Hall–Kier alpha value is -2.67. The van der Waals surface area contributed by atoms with Crippen molar-refractivity contribution in [1.29, 1.82) is 10.8 Å². The second kappa shape index (κ2) is 9.64. The molecule has 1 saturated carbocycles. The molecule has 164 valence electrons. The molecular weight excluding hydrogens is 393 g/mol. The first-order chi connectivity index (χ1) is 15.0. The van der Waals surface area contributed by atoms with E-state index in [0.717, 1.165) is 48.4 Å². The van der Waals surface area contributed by atoms with Gasteiger partial charge in [0.05, 0.1) is 11.6 Å². The number of oxime groups is 1. The van der Waals surface area contributed by atoms with E-state index in [4.69, 9.17) is 15.7 Å². The van der Waals surface area contributed by atoms with Gasteiger partial charge >= 0.3 is 0 Å². The van der Waals surface area contributed by atoms with Gasteiger partial charge in [-0.25, -0.2) is 4.39 Å². The maximum absolute atomic E-state index is 14.2. The fourth-order valence-electron chi connectivity index (χ4n) is 4.79. The summed E-state index contributed by atoms with van der Waals surface area (Å²) in [5, 5.41) is 24.7. The number of piperidine rings is 1. The minimum absolute atomic E-state index is 0.0115. The van der Waals surface area contributed by atoms with Gasteiger partial charge in [-0.3, -0.25) is 4.98 Å². The van der Waals surface area contributed by atoms with Crippen LogP contribution in [0.5, 0.6) is 0 Å². The van der Waals surface area contributed by atoms with Crippen molar-refractivity contribution in [1.82, 2.24) is 10.3 Å². The van der Waals surface area contributed by atoms with Gasteiger partial charge in [0.1, 0.15) is 12.3 Å². The minimum atomic E-state index is -1.02. The second-order valence-corrected chi connectivity index (χ2v) is 8.64. The Morgan fingerprint density at radius 1 is 1.26 bits per heavy atom. The van der Waals surface area contributed by atoms with Crippen LogP contribution >= 0.6 is 0 Å². The van der Waals surface area contributed by atoms with Crippen molar-refractivity contribution in [2.24, 2.45) is 17.0 Å². The molecule has 0 spiro atoms. The number of rotatable bonds is 5. The summed E-state index contributed by atoms with van der Waals surface area (Å²) < 4.78 is 14.2. The number of halogens is 1. The van der Waals surface area contributed by atoms with E-state index in [2.05, 4.69) is 15.5 Å². The van der Waals surface area contributed by atoms with Gasteiger partial charge in [0.25, 0.3) is 0 Å². The molecule has 3 unspecified atom stereocenters. The Kier molecular flexibility index (Phi) is 6.70. The van der Waals surface area contributed by atoms with E-state index in [1.165, 1.54) is 0 Å². The summed E-state index contributed by atoms with van der Waals surface area (Å²) in [6.07, 6.45) is 9.28. The smallest absolute Gasteiger partial charge is 0.130 e. The molecule has 0 aromatic carbocycles. The highest BCUT2D eigenvalue weighted by Crippen LogP contribution is 2.39. The van der Waals surface area contributed by atoms with Crippen molar-refractivity contribution in [3.8, 4) is 0 Å². The first-order valence-corrected chi connectivity index (χ1v) is 11.0. The predicted octanol–water partition coefficient (Wildman–Crippen LogP) is 4.34. The van der Waals surface area contributed by atoms with Gasteiger partial charge in [-0.2, -0.15) is 0 Å². The van der Waals surface area contributed by atoms with Crippen LogP contribution in [0.2, 0.25) is 0 Å². The zero-order valence-electron chi connectivity index (χ0n) is 17.9. The van der Waals surface area contributed by atoms with Crippen LogP contribution in [0, 0.1) is 22.7 Å². The highest BCUT2D eigenvalue weighted by atomic mass is 19.1. The third kappa shape index (κ3) is 4.98. The van der Waals surface area contributed by atoms with Crippen molar-refractivity contribution in [3.05, 3.63) is 47.8 Å². The quantitative estimate of drug-likeness (QED) is 0.486. The average Bonchev–Trinajstić information content (AvgIpc) is 2.78. The minimum Gasteiger partial charge on any atom is -0.392 e. The van der Waals surface area contributed by atoms with E-state index in [-0.39, 0.29) is 12.0 Å². The van der Waals surface area contributed by atoms with Gasteiger partial charge in [0.15, 0.2) is 0 Å². The summed E-state index contributed by atoms with van der Waals surface area (Å²) in [7, 11) is 0. The van der Waals surface area contributed by atoms with Crippen LogP contribution < -0.4 is 5.32 Å². The van der Waals surface area contributed by atoms with Crippen molar-refractivity contribution in [3.63, 3.8) is 0 Å². The van der Waals surface area contributed by atoms with Gasteiger partial charge < -0.3 is 21.0 Å². The molecule has 6 nitrogen and oxygen atoms in total. The molecule has 0 radical (unpaired) electrons. The Balaban J connectivity index is 1.64. The highest BCUT2D eigenvalue weighted by molar-refractivity contribution is 6.23. The van der Waals surface area contributed by atoms with Crippen molar-refractivity contribution in [2.75, 3.05) is 13.1 Å². The fourth-order valence-corrected chi connectivity index (χ4v) is 4.79. The van der Waals surface area contributed by atoms with Gasteiger partial charge in [-0.05, 0) is 74.4 Å². The summed E-state index contributed by atoms with van der Waals surface area (Å²) in [5.74, 6) is -0.390. The van der Waals surface area contributed by atoms with Gasteiger partial charge in [0, 0.05) is 30.2 Å².